The van der Waals surface area contributed by atoms with E-state index in [1.807, 2.05) is 0 Å². The first-order valence-electron chi connectivity index (χ1n) is 1.40. The van der Waals surface area contributed by atoms with Gasteiger partial charge in [0.2, 0.25) is 5.29 Å². The van der Waals surface area contributed by atoms with Gasteiger partial charge in [-0.25, -0.2) is 4.99 Å². The van der Waals surface area contributed by atoms with Gasteiger partial charge in [0.05, 0.1) is 0 Å². The minimum atomic E-state index is 0.204. The minimum absolute atomic E-state index is 0.204. The third kappa shape index (κ3) is 1.91. The van der Waals surface area contributed by atoms with Crippen LogP contribution in [0.5, 0.6) is 0 Å². The zero-order valence-electron chi connectivity index (χ0n) is 3.48. The van der Waals surface area contributed by atoms with Gasteiger partial charge in [0.25, 0.3) is 0 Å². The summed E-state index contributed by atoms with van der Waals surface area (Å²) in [6.07, 6.45) is 0. The second-order valence-electron chi connectivity index (χ2n) is 0.651. The lowest BCUT2D eigenvalue weighted by Crippen LogP contribution is -1.73. The Balaban J connectivity index is 3.50. The first-order valence-corrected chi connectivity index (χ1v) is 1.78. The summed E-state index contributed by atoms with van der Waals surface area (Å²) in [7, 11) is 1.55. The van der Waals surface area contributed by atoms with Crippen molar-refractivity contribution in [2.24, 2.45) is 9.98 Å². The van der Waals surface area contributed by atoms with Crippen LogP contribution in [-0.2, 0) is 0 Å². The highest BCUT2D eigenvalue weighted by molar-refractivity contribution is 6.65. The van der Waals surface area contributed by atoms with Crippen molar-refractivity contribution in [1.82, 2.24) is 0 Å². The number of nitrogens with zero attached hydrogens (tertiary/aromatic N) is 2. The monoisotopic (exact) mass is 104 g/mol. The summed E-state index contributed by atoms with van der Waals surface area (Å²) in [6, 6.07) is 0. The van der Waals surface area contributed by atoms with E-state index >= 15 is 0 Å². The summed E-state index contributed by atoms with van der Waals surface area (Å²) in [4.78, 5) is 6.73. The molecule has 0 amide bonds. The Morgan fingerprint density at radius 3 is 2.33 bits per heavy atom. The second kappa shape index (κ2) is 2.85. The molecule has 3 heteroatoms. The average molecular weight is 105 g/mol. The maximum Gasteiger partial charge on any atom is 0.216 e. The molecule has 0 saturated heterocycles. The molecule has 0 N–H and O–H groups in total. The van der Waals surface area contributed by atoms with Crippen LogP contribution in [0.25, 0.3) is 0 Å². The van der Waals surface area contributed by atoms with Crippen LogP contribution in [0.4, 0.5) is 0 Å². The fourth-order valence-corrected chi connectivity index (χ4v) is 0.0707. The maximum absolute atomic E-state index is 5.17. The van der Waals surface area contributed by atoms with Gasteiger partial charge in [-0.3, -0.25) is 4.99 Å². The Morgan fingerprint density at radius 1 is 1.83 bits per heavy atom. The molecule has 34 valence electrons. The molecule has 0 radical (unpaired) electrons. The standard InChI is InChI=1S/C3H5ClN2/c1-5-3(4)6-2/h1H2,2H3/b6-3-. The zero-order valence-corrected chi connectivity index (χ0v) is 4.24. The SMILES string of the molecule is C=N/C(Cl)=N\C. The van der Waals surface area contributed by atoms with Crippen LogP contribution in [0.15, 0.2) is 9.98 Å². The van der Waals surface area contributed by atoms with Gasteiger partial charge in [0.1, 0.15) is 0 Å². The normalized spacial score (nSPS) is 11.3. The van der Waals surface area contributed by atoms with E-state index in [0.29, 0.717) is 0 Å². The average Bonchev–Trinajstić information content (AvgIpc) is 1.65. The summed E-state index contributed by atoms with van der Waals surface area (Å²) in [5.41, 5.74) is 0. The van der Waals surface area contributed by atoms with Crippen LogP contribution >= 0.6 is 11.6 Å². The number of hydrogen-bond donors (Lipinski definition) is 0. The lowest BCUT2D eigenvalue weighted by Gasteiger charge is -1.74. The van der Waals surface area contributed by atoms with Crippen LogP contribution in [0.3, 0.4) is 0 Å². The van der Waals surface area contributed by atoms with Crippen molar-refractivity contribution in [1.29, 1.82) is 0 Å². The largest absolute Gasteiger partial charge is 0.260 e. The van der Waals surface area contributed by atoms with E-state index in [4.69, 9.17) is 11.6 Å². The smallest absolute Gasteiger partial charge is 0.216 e. The second-order valence-corrected chi connectivity index (χ2v) is 0.989. The predicted octanol–water partition coefficient (Wildman–Crippen LogP) is 0.912. The van der Waals surface area contributed by atoms with Crippen molar-refractivity contribution >= 4 is 23.6 Å². The van der Waals surface area contributed by atoms with Crippen LogP contribution < -0.4 is 0 Å². The lowest BCUT2D eigenvalue weighted by molar-refractivity contribution is 1.44. The fourth-order valence-electron chi connectivity index (χ4n) is 0.0707. The van der Waals surface area contributed by atoms with Crippen LogP contribution in [0.2, 0.25) is 0 Å². The summed E-state index contributed by atoms with van der Waals surface area (Å²) in [6.45, 7) is 3.12. The molecule has 0 aliphatic carbocycles. The van der Waals surface area contributed by atoms with Gasteiger partial charge < -0.3 is 0 Å². The molecule has 0 atom stereocenters. The van der Waals surface area contributed by atoms with Crippen molar-refractivity contribution in [3.05, 3.63) is 0 Å². The summed E-state index contributed by atoms with van der Waals surface area (Å²) < 4.78 is 0. The summed E-state index contributed by atoms with van der Waals surface area (Å²) >= 11 is 5.17. The molecule has 2 nitrogen and oxygen atoms in total. The van der Waals surface area contributed by atoms with Gasteiger partial charge in [-0.05, 0) is 18.3 Å². The molecule has 0 unspecified atom stereocenters. The molecule has 0 aromatic carbocycles. The van der Waals surface area contributed by atoms with Gasteiger partial charge in [-0.1, -0.05) is 0 Å². The molecule has 0 aliphatic rings. The molecule has 0 heterocycles. The van der Waals surface area contributed by atoms with Gasteiger partial charge >= 0.3 is 0 Å². The van der Waals surface area contributed by atoms with E-state index in [0.717, 1.165) is 0 Å². The van der Waals surface area contributed by atoms with E-state index in [-0.39, 0.29) is 5.29 Å². The molecule has 0 rings (SSSR count). The quantitative estimate of drug-likeness (QED) is 0.248. The van der Waals surface area contributed by atoms with Crippen molar-refractivity contribution in [3.63, 3.8) is 0 Å². The van der Waals surface area contributed by atoms with E-state index in [9.17, 15) is 0 Å². The lowest BCUT2D eigenvalue weighted by atomic mass is 11.2. The Hall–Kier alpha value is -0.370. The number of amidine groups is 1. The summed E-state index contributed by atoms with van der Waals surface area (Å²) in [5, 5.41) is 0.204. The highest BCUT2D eigenvalue weighted by Crippen LogP contribution is 1.80. The molecule has 0 spiro atoms. The third-order valence-electron chi connectivity index (χ3n) is 0.315. The molecule has 0 saturated carbocycles. The van der Waals surface area contributed by atoms with Crippen molar-refractivity contribution < 1.29 is 0 Å². The molecule has 0 fully saturated rings. The topological polar surface area (TPSA) is 24.7 Å². The minimum Gasteiger partial charge on any atom is -0.260 e. The van der Waals surface area contributed by atoms with Crippen LogP contribution in [0.1, 0.15) is 0 Å². The van der Waals surface area contributed by atoms with Crippen molar-refractivity contribution in [3.8, 4) is 0 Å². The van der Waals surface area contributed by atoms with E-state index in [1.165, 1.54) is 0 Å². The fraction of sp³-hybridized carbons (Fsp3) is 0.333. The molecular formula is C3H5ClN2. The number of rotatable bonds is 0. The Morgan fingerprint density at radius 2 is 2.33 bits per heavy atom. The van der Waals surface area contributed by atoms with E-state index in [2.05, 4.69) is 16.7 Å². The van der Waals surface area contributed by atoms with Crippen molar-refractivity contribution in [2.75, 3.05) is 7.05 Å². The molecular weight excluding hydrogens is 99.5 g/mol. The van der Waals surface area contributed by atoms with Gasteiger partial charge in [-0.2, -0.15) is 0 Å². The van der Waals surface area contributed by atoms with Crippen LogP contribution in [0, 0.1) is 0 Å². The Kier molecular flexibility index (Phi) is 2.67. The van der Waals surface area contributed by atoms with E-state index in [1.54, 1.807) is 7.05 Å². The van der Waals surface area contributed by atoms with Gasteiger partial charge in [0.15, 0.2) is 0 Å². The first kappa shape index (κ1) is 5.63. The number of aliphatic imine (C=N–C) groups is 2. The third-order valence-corrected chi connectivity index (χ3v) is 0.604. The molecule has 6 heavy (non-hydrogen) atoms. The predicted molar refractivity (Wildman–Crippen MR) is 28.8 cm³/mol. The van der Waals surface area contributed by atoms with Gasteiger partial charge in [-0.15, -0.1) is 0 Å². The highest BCUT2D eigenvalue weighted by atomic mass is 35.5. The Labute approximate surface area is 41.6 Å². The molecule has 0 aromatic rings. The zero-order chi connectivity index (χ0) is 4.99. The highest BCUT2D eigenvalue weighted by Gasteiger charge is 1.73. The molecule has 0 bridgehead atoms. The first-order chi connectivity index (χ1) is 2.81. The van der Waals surface area contributed by atoms with Crippen LogP contribution in [-0.4, -0.2) is 19.1 Å². The van der Waals surface area contributed by atoms with Crippen molar-refractivity contribution in [2.45, 2.75) is 0 Å². The number of hydrogen-bond acceptors (Lipinski definition) is 1. The maximum atomic E-state index is 5.17. The number of halogens is 1. The van der Waals surface area contributed by atoms with Gasteiger partial charge in [0, 0.05) is 7.05 Å². The van der Waals surface area contributed by atoms with E-state index < -0.39 is 0 Å². The summed E-state index contributed by atoms with van der Waals surface area (Å²) in [5.74, 6) is 0. The molecule has 0 aliphatic heterocycles. The molecule has 0 aromatic heterocycles. The Bertz CT molecular complexity index is 76.9.